The fraction of sp³-hybridized carbons (Fsp3) is 0.643. The van der Waals surface area contributed by atoms with E-state index >= 15 is 0 Å². The SMILES string of the molecule is CCCc1nc2c(c(=O)n(CCN)c(=O)n2CCC)n1C. The van der Waals surface area contributed by atoms with Crippen LogP contribution in [0.4, 0.5) is 0 Å². The summed E-state index contributed by atoms with van der Waals surface area (Å²) in [7, 11) is 1.83. The molecule has 0 saturated heterocycles. The molecule has 0 aromatic carbocycles. The number of aromatic nitrogens is 4. The van der Waals surface area contributed by atoms with Crippen molar-refractivity contribution in [2.75, 3.05) is 6.54 Å². The highest BCUT2D eigenvalue weighted by molar-refractivity contribution is 5.71. The van der Waals surface area contributed by atoms with E-state index in [0.29, 0.717) is 17.7 Å². The third-order valence-corrected chi connectivity index (χ3v) is 3.61. The third kappa shape index (κ3) is 2.53. The second kappa shape index (κ2) is 6.26. The minimum absolute atomic E-state index is 0.228. The van der Waals surface area contributed by atoms with E-state index in [1.165, 1.54) is 4.57 Å². The van der Waals surface area contributed by atoms with Gasteiger partial charge in [0.2, 0.25) is 0 Å². The summed E-state index contributed by atoms with van der Waals surface area (Å²) in [4.78, 5) is 29.6. The van der Waals surface area contributed by atoms with Crippen molar-refractivity contribution in [1.82, 2.24) is 18.7 Å². The molecular formula is C14H23N5O2. The number of hydrogen-bond donors (Lipinski definition) is 1. The summed E-state index contributed by atoms with van der Waals surface area (Å²) in [6.45, 7) is 5.08. The van der Waals surface area contributed by atoms with Gasteiger partial charge < -0.3 is 10.3 Å². The number of fused-ring (bicyclic) bond motifs is 1. The molecule has 0 saturated carbocycles. The van der Waals surface area contributed by atoms with E-state index in [2.05, 4.69) is 11.9 Å². The van der Waals surface area contributed by atoms with E-state index in [1.54, 1.807) is 9.13 Å². The van der Waals surface area contributed by atoms with Crippen molar-refractivity contribution in [3.8, 4) is 0 Å². The zero-order chi connectivity index (χ0) is 15.6. The summed E-state index contributed by atoms with van der Waals surface area (Å²) >= 11 is 0. The van der Waals surface area contributed by atoms with Crippen molar-refractivity contribution in [2.24, 2.45) is 12.8 Å². The van der Waals surface area contributed by atoms with Crippen molar-refractivity contribution < 1.29 is 0 Å². The molecule has 0 unspecified atom stereocenters. The van der Waals surface area contributed by atoms with Crippen LogP contribution in [0.1, 0.15) is 32.5 Å². The average molecular weight is 293 g/mol. The molecule has 0 radical (unpaired) electrons. The van der Waals surface area contributed by atoms with E-state index in [-0.39, 0.29) is 24.3 Å². The van der Waals surface area contributed by atoms with Crippen LogP contribution in [0.3, 0.4) is 0 Å². The summed E-state index contributed by atoms with van der Waals surface area (Å²) in [6.07, 6.45) is 2.52. The smallest absolute Gasteiger partial charge is 0.329 e. The minimum Gasteiger partial charge on any atom is -0.329 e. The van der Waals surface area contributed by atoms with Crippen molar-refractivity contribution in [1.29, 1.82) is 0 Å². The Morgan fingerprint density at radius 2 is 1.81 bits per heavy atom. The molecule has 0 bridgehead atoms. The first-order valence-electron chi connectivity index (χ1n) is 7.45. The molecule has 2 N–H and O–H groups in total. The first-order valence-corrected chi connectivity index (χ1v) is 7.45. The van der Waals surface area contributed by atoms with E-state index in [0.717, 1.165) is 25.1 Å². The van der Waals surface area contributed by atoms with Gasteiger partial charge in [0.15, 0.2) is 11.2 Å². The molecule has 7 heteroatoms. The van der Waals surface area contributed by atoms with Crippen LogP contribution >= 0.6 is 0 Å². The second-order valence-corrected chi connectivity index (χ2v) is 5.19. The Bertz CT molecular complexity index is 753. The highest BCUT2D eigenvalue weighted by Crippen LogP contribution is 2.11. The van der Waals surface area contributed by atoms with Gasteiger partial charge in [0.25, 0.3) is 5.56 Å². The van der Waals surface area contributed by atoms with Crippen LogP contribution in [0, 0.1) is 0 Å². The van der Waals surface area contributed by atoms with Gasteiger partial charge in [0, 0.05) is 33.1 Å². The molecule has 0 amide bonds. The van der Waals surface area contributed by atoms with E-state index < -0.39 is 0 Å². The Labute approximate surface area is 123 Å². The predicted molar refractivity (Wildman–Crippen MR) is 82.6 cm³/mol. The summed E-state index contributed by atoms with van der Waals surface area (Å²) in [5.74, 6) is 0.833. The molecule has 2 rings (SSSR count). The fourth-order valence-electron chi connectivity index (χ4n) is 2.61. The summed E-state index contributed by atoms with van der Waals surface area (Å²) < 4.78 is 4.61. The van der Waals surface area contributed by atoms with Gasteiger partial charge >= 0.3 is 5.69 Å². The van der Waals surface area contributed by atoms with Gasteiger partial charge in [-0.25, -0.2) is 9.78 Å². The number of nitrogens with two attached hydrogens (primary N) is 1. The van der Waals surface area contributed by atoms with Gasteiger partial charge in [-0.3, -0.25) is 13.9 Å². The van der Waals surface area contributed by atoms with Crippen molar-refractivity contribution in [3.05, 3.63) is 26.7 Å². The maximum absolute atomic E-state index is 12.6. The second-order valence-electron chi connectivity index (χ2n) is 5.19. The number of hydrogen-bond acceptors (Lipinski definition) is 4. The number of imidazole rings is 1. The van der Waals surface area contributed by atoms with E-state index in [9.17, 15) is 9.59 Å². The van der Waals surface area contributed by atoms with Crippen LogP contribution in [0.15, 0.2) is 9.59 Å². The Kier molecular flexibility index (Phi) is 4.62. The van der Waals surface area contributed by atoms with E-state index in [1.807, 2.05) is 14.0 Å². The molecule has 2 aromatic heterocycles. The van der Waals surface area contributed by atoms with Gasteiger partial charge in [-0.1, -0.05) is 13.8 Å². The molecule has 2 heterocycles. The van der Waals surface area contributed by atoms with Gasteiger partial charge in [0.05, 0.1) is 0 Å². The van der Waals surface area contributed by atoms with Crippen LogP contribution < -0.4 is 17.0 Å². The standard InChI is InChI=1S/C14H23N5O2/c1-4-6-10-16-12-11(17(10)3)13(20)19(9-7-15)14(21)18(12)8-5-2/h4-9,15H2,1-3H3. The third-order valence-electron chi connectivity index (χ3n) is 3.61. The van der Waals surface area contributed by atoms with Crippen LogP contribution in [-0.2, 0) is 26.6 Å². The maximum atomic E-state index is 12.6. The van der Waals surface area contributed by atoms with Crippen LogP contribution in [0.2, 0.25) is 0 Å². The van der Waals surface area contributed by atoms with Crippen molar-refractivity contribution >= 4 is 11.2 Å². The number of rotatable bonds is 6. The zero-order valence-corrected chi connectivity index (χ0v) is 12.9. The van der Waals surface area contributed by atoms with Crippen molar-refractivity contribution in [3.63, 3.8) is 0 Å². The van der Waals surface area contributed by atoms with Crippen LogP contribution in [0.25, 0.3) is 11.2 Å². The number of aryl methyl sites for hydroxylation is 3. The van der Waals surface area contributed by atoms with Crippen molar-refractivity contribution in [2.45, 2.75) is 46.2 Å². The molecule has 0 aliphatic rings. The first-order chi connectivity index (χ1) is 10.1. The summed E-state index contributed by atoms with van der Waals surface area (Å²) in [5.41, 5.74) is 5.89. The highest BCUT2D eigenvalue weighted by Gasteiger charge is 2.18. The maximum Gasteiger partial charge on any atom is 0.332 e. The number of nitrogens with zero attached hydrogens (tertiary/aromatic N) is 4. The molecule has 0 aliphatic carbocycles. The minimum atomic E-state index is -0.319. The Hall–Kier alpha value is -1.89. The zero-order valence-electron chi connectivity index (χ0n) is 12.9. The molecule has 0 fully saturated rings. The Morgan fingerprint density at radius 3 is 2.38 bits per heavy atom. The largest absolute Gasteiger partial charge is 0.332 e. The van der Waals surface area contributed by atoms with E-state index in [4.69, 9.17) is 5.73 Å². The average Bonchev–Trinajstić information content (AvgIpc) is 2.77. The molecule has 2 aromatic rings. The molecule has 0 aliphatic heterocycles. The lowest BCUT2D eigenvalue weighted by Crippen LogP contribution is -2.42. The molecule has 0 atom stereocenters. The summed E-state index contributed by atoms with van der Waals surface area (Å²) in [5, 5.41) is 0. The first kappa shape index (κ1) is 15.5. The molecule has 116 valence electrons. The molecular weight excluding hydrogens is 270 g/mol. The lowest BCUT2D eigenvalue weighted by Gasteiger charge is -2.10. The highest BCUT2D eigenvalue weighted by atomic mass is 16.2. The van der Waals surface area contributed by atoms with Gasteiger partial charge in [0.1, 0.15) is 5.82 Å². The van der Waals surface area contributed by atoms with Gasteiger partial charge in [-0.15, -0.1) is 0 Å². The molecule has 21 heavy (non-hydrogen) atoms. The summed E-state index contributed by atoms with van der Waals surface area (Å²) in [6, 6.07) is 0. The van der Waals surface area contributed by atoms with Gasteiger partial charge in [-0.2, -0.15) is 0 Å². The molecule has 0 spiro atoms. The predicted octanol–water partition coefficient (Wildman–Crippen LogP) is 0.218. The quantitative estimate of drug-likeness (QED) is 0.825. The fourth-order valence-corrected chi connectivity index (χ4v) is 2.61. The monoisotopic (exact) mass is 293 g/mol. The molecule has 7 nitrogen and oxygen atoms in total. The van der Waals surface area contributed by atoms with Gasteiger partial charge in [-0.05, 0) is 12.8 Å². The van der Waals surface area contributed by atoms with Crippen LogP contribution in [-0.4, -0.2) is 25.2 Å². The lowest BCUT2D eigenvalue weighted by molar-refractivity contribution is 0.565. The topological polar surface area (TPSA) is 87.8 Å². The normalized spacial score (nSPS) is 11.4. The lowest BCUT2D eigenvalue weighted by atomic mass is 10.3. The van der Waals surface area contributed by atoms with Crippen LogP contribution in [0.5, 0.6) is 0 Å². The Morgan fingerprint density at radius 1 is 1.10 bits per heavy atom. The Balaban J connectivity index is 2.87.